The number of ether oxygens (including phenoxy) is 8. The Bertz CT molecular complexity index is 404. The second kappa shape index (κ2) is 27.4. The summed E-state index contributed by atoms with van der Waals surface area (Å²) >= 11 is 0. The van der Waals surface area contributed by atoms with E-state index in [0.717, 1.165) is 0 Å². The summed E-state index contributed by atoms with van der Waals surface area (Å²) in [5, 5.41) is 2.81. The van der Waals surface area contributed by atoms with Crippen molar-refractivity contribution in [3.8, 4) is 0 Å². The van der Waals surface area contributed by atoms with Crippen molar-refractivity contribution in [1.29, 1.82) is 0 Å². The molecule has 0 radical (unpaired) electrons. The Morgan fingerprint density at radius 1 is 0.545 bits per heavy atom. The third-order valence-electron chi connectivity index (χ3n) is 3.79. The van der Waals surface area contributed by atoms with Crippen LogP contribution >= 0.6 is 0 Å². The van der Waals surface area contributed by atoms with Crippen LogP contribution in [0.5, 0.6) is 0 Å². The van der Waals surface area contributed by atoms with Crippen LogP contribution < -0.4 is 11.1 Å². The van der Waals surface area contributed by atoms with Crippen molar-refractivity contribution >= 4 is 5.91 Å². The van der Waals surface area contributed by atoms with E-state index in [1.54, 1.807) is 0 Å². The molecule has 0 atom stereocenters. The topological polar surface area (TPSA) is 129 Å². The van der Waals surface area contributed by atoms with Gasteiger partial charge in [-0.05, 0) is 13.8 Å². The van der Waals surface area contributed by atoms with E-state index >= 15 is 0 Å². The van der Waals surface area contributed by atoms with Gasteiger partial charge < -0.3 is 48.9 Å². The molecule has 0 aliphatic carbocycles. The van der Waals surface area contributed by atoms with Gasteiger partial charge in [0.2, 0.25) is 5.91 Å². The number of hydrogen-bond acceptors (Lipinski definition) is 10. The lowest BCUT2D eigenvalue weighted by atomic mass is 10.3. The summed E-state index contributed by atoms with van der Waals surface area (Å²) in [6.45, 7) is 12.5. The molecule has 0 aliphatic heterocycles. The fourth-order valence-corrected chi connectivity index (χ4v) is 2.28. The van der Waals surface area contributed by atoms with E-state index in [0.29, 0.717) is 119 Å². The number of amides is 1. The molecule has 0 unspecified atom stereocenters. The molecule has 0 bridgehead atoms. The molecular formula is C22H46N2O9. The second-order valence-corrected chi connectivity index (χ2v) is 7.16. The molecule has 0 aromatic rings. The third kappa shape index (κ3) is 29.1. The molecule has 0 fully saturated rings. The molecular weight excluding hydrogens is 436 g/mol. The molecule has 0 spiro atoms. The quantitative estimate of drug-likeness (QED) is 0.154. The average molecular weight is 483 g/mol. The summed E-state index contributed by atoms with van der Waals surface area (Å²) in [5.74, 6) is 0.000488. The first-order chi connectivity index (χ1) is 16.2. The van der Waals surface area contributed by atoms with Crippen LogP contribution in [0.4, 0.5) is 0 Å². The monoisotopic (exact) mass is 482 g/mol. The van der Waals surface area contributed by atoms with Crippen LogP contribution in [0.2, 0.25) is 0 Å². The van der Waals surface area contributed by atoms with Crippen LogP contribution in [-0.2, 0) is 42.7 Å². The molecule has 0 rings (SSSR count). The Labute approximate surface area is 198 Å². The van der Waals surface area contributed by atoms with E-state index < -0.39 is 0 Å². The van der Waals surface area contributed by atoms with Gasteiger partial charge in [-0.2, -0.15) is 0 Å². The average Bonchev–Trinajstić information content (AvgIpc) is 2.78. The van der Waals surface area contributed by atoms with E-state index in [1.165, 1.54) is 0 Å². The molecule has 1 amide bonds. The number of carbonyl (C=O) groups excluding carboxylic acids is 1. The minimum absolute atomic E-state index is 0.000488. The zero-order valence-corrected chi connectivity index (χ0v) is 20.6. The first kappa shape index (κ1) is 32.1. The Morgan fingerprint density at radius 2 is 0.818 bits per heavy atom. The maximum absolute atomic E-state index is 11.4. The Hall–Kier alpha value is -0.890. The third-order valence-corrected chi connectivity index (χ3v) is 3.79. The van der Waals surface area contributed by atoms with Gasteiger partial charge in [0.05, 0.1) is 106 Å². The number of nitrogens with two attached hydrogens (primary N) is 1. The van der Waals surface area contributed by atoms with Crippen molar-refractivity contribution in [3.63, 3.8) is 0 Å². The zero-order valence-electron chi connectivity index (χ0n) is 20.6. The first-order valence-corrected chi connectivity index (χ1v) is 11.8. The van der Waals surface area contributed by atoms with E-state index in [-0.39, 0.29) is 11.9 Å². The van der Waals surface area contributed by atoms with Gasteiger partial charge in [0.25, 0.3) is 0 Å². The molecule has 11 nitrogen and oxygen atoms in total. The largest absolute Gasteiger partial charge is 0.379 e. The van der Waals surface area contributed by atoms with Gasteiger partial charge in [0.15, 0.2) is 0 Å². The maximum Gasteiger partial charge on any atom is 0.222 e. The predicted molar refractivity (Wildman–Crippen MR) is 124 cm³/mol. The number of nitrogens with one attached hydrogen (secondary N) is 1. The van der Waals surface area contributed by atoms with Gasteiger partial charge in [0, 0.05) is 19.0 Å². The normalized spacial score (nSPS) is 11.4. The summed E-state index contributed by atoms with van der Waals surface area (Å²) in [7, 11) is 0. The summed E-state index contributed by atoms with van der Waals surface area (Å²) in [4.78, 5) is 11.4. The lowest BCUT2D eigenvalue weighted by Gasteiger charge is -2.09. The van der Waals surface area contributed by atoms with Gasteiger partial charge >= 0.3 is 0 Å². The van der Waals surface area contributed by atoms with Crippen LogP contribution in [0, 0.1) is 0 Å². The smallest absolute Gasteiger partial charge is 0.222 e. The fraction of sp³-hybridized carbons (Fsp3) is 0.955. The molecule has 0 saturated heterocycles. The standard InChI is InChI=1S/C22H46N2O9/c1-21(2)24-22(25)3-5-26-7-9-28-11-13-30-15-17-32-19-20-33-18-16-31-14-12-29-10-8-27-6-4-23/h21H,3-20,23H2,1-2H3,(H,24,25). The number of hydrogen-bond donors (Lipinski definition) is 2. The van der Waals surface area contributed by atoms with E-state index in [4.69, 9.17) is 43.6 Å². The molecule has 198 valence electrons. The zero-order chi connectivity index (χ0) is 24.2. The van der Waals surface area contributed by atoms with Crippen LogP contribution in [0.25, 0.3) is 0 Å². The highest BCUT2D eigenvalue weighted by Gasteiger charge is 2.02. The lowest BCUT2D eigenvalue weighted by Crippen LogP contribution is -2.30. The number of carbonyl (C=O) groups is 1. The molecule has 0 aromatic heterocycles. The summed E-state index contributed by atoms with van der Waals surface area (Å²) in [5.41, 5.74) is 5.31. The molecule has 0 saturated carbocycles. The summed E-state index contributed by atoms with van der Waals surface area (Å²) in [6.07, 6.45) is 0.364. The summed E-state index contributed by atoms with van der Waals surface area (Å²) in [6, 6.07) is 0.153. The van der Waals surface area contributed by atoms with E-state index in [1.807, 2.05) is 13.8 Å². The molecule has 33 heavy (non-hydrogen) atoms. The van der Waals surface area contributed by atoms with Gasteiger partial charge in [-0.15, -0.1) is 0 Å². The molecule has 0 aliphatic rings. The van der Waals surface area contributed by atoms with Gasteiger partial charge in [-0.1, -0.05) is 0 Å². The molecule has 0 heterocycles. The minimum atomic E-state index is 0.000488. The van der Waals surface area contributed by atoms with Gasteiger partial charge in [-0.3, -0.25) is 4.79 Å². The van der Waals surface area contributed by atoms with Crippen molar-refractivity contribution in [2.45, 2.75) is 26.3 Å². The van der Waals surface area contributed by atoms with Crippen LogP contribution in [0.1, 0.15) is 20.3 Å². The van der Waals surface area contributed by atoms with Crippen LogP contribution in [0.3, 0.4) is 0 Å². The predicted octanol–water partition coefficient (Wildman–Crippen LogP) is -0.00740. The van der Waals surface area contributed by atoms with Crippen LogP contribution in [0.15, 0.2) is 0 Å². The Balaban J connectivity index is 3.06. The Morgan fingerprint density at radius 3 is 1.09 bits per heavy atom. The summed E-state index contributed by atoms with van der Waals surface area (Å²) < 4.78 is 42.9. The Kier molecular flexibility index (Phi) is 26.6. The molecule has 0 aromatic carbocycles. The highest BCUT2D eigenvalue weighted by atomic mass is 16.6. The van der Waals surface area contributed by atoms with Gasteiger partial charge in [-0.25, -0.2) is 0 Å². The van der Waals surface area contributed by atoms with Crippen LogP contribution in [-0.4, -0.2) is 124 Å². The van der Waals surface area contributed by atoms with E-state index in [9.17, 15) is 4.79 Å². The van der Waals surface area contributed by atoms with Gasteiger partial charge in [0.1, 0.15) is 0 Å². The number of rotatable bonds is 27. The van der Waals surface area contributed by atoms with Crippen molar-refractivity contribution in [2.75, 3.05) is 112 Å². The SMILES string of the molecule is CC(C)NC(=O)CCOCCOCCOCCOCCOCCOCCOCCOCCN. The highest BCUT2D eigenvalue weighted by Crippen LogP contribution is 1.88. The fourth-order valence-electron chi connectivity index (χ4n) is 2.28. The highest BCUT2D eigenvalue weighted by molar-refractivity contribution is 5.76. The van der Waals surface area contributed by atoms with E-state index in [2.05, 4.69) is 5.32 Å². The lowest BCUT2D eigenvalue weighted by molar-refractivity contribution is -0.122. The van der Waals surface area contributed by atoms with Crippen molar-refractivity contribution < 1.29 is 42.7 Å². The molecule has 3 N–H and O–H groups in total. The van der Waals surface area contributed by atoms with Crippen molar-refractivity contribution in [3.05, 3.63) is 0 Å². The van der Waals surface area contributed by atoms with Crippen molar-refractivity contribution in [2.24, 2.45) is 5.73 Å². The second-order valence-electron chi connectivity index (χ2n) is 7.16. The minimum Gasteiger partial charge on any atom is -0.379 e. The molecule has 11 heteroatoms. The van der Waals surface area contributed by atoms with Crippen molar-refractivity contribution in [1.82, 2.24) is 5.32 Å². The maximum atomic E-state index is 11.4. The first-order valence-electron chi connectivity index (χ1n) is 11.8.